The number of hydrogen-bond donors (Lipinski definition) is 2. The Morgan fingerprint density at radius 1 is 1.33 bits per heavy atom. The lowest BCUT2D eigenvalue weighted by Crippen LogP contribution is -2.18. The van der Waals surface area contributed by atoms with Crippen LogP contribution >= 0.6 is 15.9 Å². The Morgan fingerprint density at radius 3 is 2.50 bits per heavy atom. The summed E-state index contributed by atoms with van der Waals surface area (Å²) in [6.07, 6.45) is 2.70. The van der Waals surface area contributed by atoms with Crippen molar-refractivity contribution in [1.29, 1.82) is 0 Å². The second kappa shape index (κ2) is 6.07. The summed E-state index contributed by atoms with van der Waals surface area (Å²) in [4.78, 5) is 0. The minimum atomic E-state index is -0.602. The van der Waals surface area contributed by atoms with Gasteiger partial charge in [-0.2, -0.15) is 0 Å². The van der Waals surface area contributed by atoms with Gasteiger partial charge in [0.15, 0.2) is 0 Å². The number of rotatable bonds is 5. The molecule has 1 aromatic rings. The molecule has 2 nitrogen and oxygen atoms in total. The Hall–Kier alpha value is -0.540. The molecule has 0 spiro atoms. The molecule has 0 aliphatic carbocycles. The SMILES string of the molecule is Cc1cc(O)c(C(C)CCCC(C)(C)O)cc1Br. The van der Waals surface area contributed by atoms with Crippen LogP contribution in [0.4, 0.5) is 0 Å². The molecular weight excluding hydrogens is 292 g/mol. The summed E-state index contributed by atoms with van der Waals surface area (Å²) in [7, 11) is 0. The Morgan fingerprint density at radius 2 is 1.94 bits per heavy atom. The van der Waals surface area contributed by atoms with Crippen LogP contribution in [-0.2, 0) is 0 Å². The third-order valence-corrected chi connectivity index (χ3v) is 4.12. The molecule has 1 rings (SSSR count). The highest BCUT2D eigenvalue weighted by Gasteiger charge is 2.16. The second-order valence-corrected chi connectivity index (χ2v) is 6.62. The molecule has 18 heavy (non-hydrogen) atoms. The van der Waals surface area contributed by atoms with Crippen molar-refractivity contribution in [3.63, 3.8) is 0 Å². The molecule has 1 aromatic carbocycles. The topological polar surface area (TPSA) is 40.5 Å². The van der Waals surface area contributed by atoms with Gasteiger partial charge in [-0.15, -0.1) is 0 Å². The van der Waals surface area contributed by atoms with E-state index in [2.05, 4.69) is 22.9 Å². The highest BCUT2D eigenvalue weighted by molar-refractivity contribution is 9.10. The molecule has 0 aliphatic rings. The zero-order valence-electron chi connectivity index (χ0n) is 11.6. The van der Waals surface area contributed by atoms with Crippen LogP contribution in [0.15, 0.2) is 16.6 Å². The van der Waals surface area contributed by atoms with Crippen LogP contribution in [0, 0.1) is 6.92 Å². The largest absolute Gasteiger partial charge is 0.508 e. The Balaban J connectivity index is 2.67. The van der Waals surface area contributed by atoms with Crippen LogP contribution in [0.3, 0.4) is 0 Å². The zero-order valence-corrected chi connectivity index (χ0v) is 13.2. The van der Waals surface area contributed by atoms with E-state index < -0.39 is 5.60 Å². The fraction of sp³-hybridized carbons (Fsp3) is 0.600. The Kier molecular flexibility index (Phi) is 5.23. The van der Waals surface area contributed by atoms with Crippen molar-refractivity contribution in [2.75, 3.05) is 0 Å². The van der Waals surface area contributed by atoms with Gasteiger partial charge < -0.3 is 10.2 Å². The second-order valence-electron chi connectivity index (χ2n) is 5.77. The van der Waals surface area contributed by atoms with Crippen LogP contribution in [0.25, 0.3) is 0 Å². The average Bonchev–Trinajstić information content (AvgIpc) is 2.21. The van der Waals surface area contributed by atoms with E-state index in [1.54, 1.807) is 6.07 Å². The lowest BCUT2D eigenvalue weighted by atomic mass is 9.91. The van der Waals surface area contributed by atoms with Gasteiger partial charge in [-0.25, -0.2) is 0 Å². The van der Waals surface area contributed by atoms with Crippen LogP contribution in [0.2, 0.25) is 0 Å². The summed E-state index contributed by atoms with van der Waals surface area (Å²) in [5, 5.41) is 19.7. The molecule has 0 aliphatic heterocycles. The number of halogens is 1. The van der Waals surface area contributed by atoms with Gasteiger partial charge in [-0.3, -0.25) is 0 Å². The summed E-state index contributed by atoms with van der Waals surface area (Å²) in [5.74, 6) is 0.663. The van der Waals surface area contributed by atoms with E-state index in [0.29, 0.717) is 11.7 Å². The molecule has 0 saturated carbocycles. The van der Waals surface area contributed by atoms with Crippen LogP contribution < -0.4 is 0 Å². The molecule has 0 bridgehead atoms. The monoisotopic (exact) mass is 314 g/mol. The summed E-state index contributed by atoms with van der Waals surface area (Å²) in [5.41, 5.74) is 1.42. The molecule has 0 aromatic heterocycles. The Bertz CT molecular complexity index is 408. The molecular formula is C15H23BrO2. The third-order valence-electron chi connectivity index (χ3n) is 3.26. The van der Waals surface area contributed by atoms with Gasteiger partial charge in [0.05, 0.1) is 5.60 Å². The molecule has 0 heterocycles. The number of aliphatic hydroxyl groups is 1. The first-order valence-electron chi connectivity index (χ1n) is 6.42. The lowest BCUT2D eigenvalue weighted by Gasteiger charge is -2.19. The van der Waals surface area contributed by atoms with Crippen molar-refractivity contribution in [2.45, 2.75) is 58.5 Å². The quantitative estimate of drug-likeness (QED) is 0.839. The molecule has 1 atom stereocenters. The first-order valence-corrected chi connectivity index (χ1v) is 7.21. The number of phenolic OH excluding ortho intramolecular Hbond substituents is 1. The van der Waals surface area contributed by atoms with E-state index in [1.165, 1.54) is 0 Å². The molecule has 3 heteroatoms. The van der Waals surface area contributed by atoms with Gasteiger partial charge in [-0.1, -0.05) is 29.3 Å². The van der Waals surface area contributed by atoms with Crippen molar-refractivity contribution in [1.82, 2.24) is 0 Å². The van der Waals surface area contributed by atoms with E-state index in [1.807, 2.05) is 26.8 Å². The van der Waals surface area contributed by atoms with Crippen molar-refractivity contribution in [2.24, 2.45) is 0 Å². The fourth-order valence-corrected chi connectivity index (χ4v) is 2.43. The molecule has 2 N–H and O–H groups in total. The smallest absolute Gasteiger partial charge is 0.119 e. The predicted octanol–water partition coefficient (Wildman–Crippen LogP) is 4.51. The first kappa shape index (κ1) is 15.5. The third kappa shape index (κ3) is 4.62. The molecule has 0 radical (unpaired) electrons. The molecule has 1 unspecified atom stereocenters. The van der Waals surface area contributed by atoms with E-state index in [4.69, 9.17) is 0 Å². The number of aryl methyl sites for hydroxylation is 1. The van der Waals surface area contributed by atoms with Crippen molar-refractivity contribution in [3.8, 4) is 5.75 Å². The van der Waals surface area contributed by atoms with Gasteiger partial charge in [-0.05, 0) is 62.8 Å². The maximum absolute atomic E-state index is 9.98. The molecule has 0 fully saturated rings. The summed E-state index contributed by atoms with van der Waals surface area (Å²) < 4.78 is 1.03. The van der Waals surface area contributed by atoms with Crippen molar-refractivity contribution >= 4 is 15.9 Å². The van der Waals surface area contributed by atoms with E-state index in [-0.39, 0.29) is 0 Å². The molecule has 102 valence electrons. The van der Waals surface area contributed by atoms with E-state index in [0.717, 1.165) is 34.9 Å². The van der Waals surface area contributed by atoms with Gasteiger partial charge in [0.1, 0.15) is 5.75 Å². The normalized spacial score (nSPS) is 13.7. The predicted molar refractivity (Wildman–Crippen MR) is 79.1 cm³/mol. The minimum Gasteiger partial charge on any atom is -0.508 e. The number of hydrogen-bond acceptors (Lipinski definition) is 2. The van der Waals surface area contributed by atoms with Crippen molar-refractivity contribution < 1.29 is 10.2 Å². The van der Waals surface area contributed by atoms with Gasteiger partial charge in [0, 0.05) is 4.47 Å². The van der Waals surface area contributed by atoms with Crippen molar-refractivity contribution in [3.05, 3.63) is 27.7 Å². The van der Waals surface area contributed by atoms with Crippen LogP contribution in [0.5, 0.6) is 5.75 Å². The molecule has 0 amide bonds. The summed E-state index contributed by atoms with van der Waals surface area (Å²) in [6, 6.07) is 3.80. The van der Waals surface area contributed by atoms with E-state index in [9.17, 15) is 10.2 Å². The van der Waals surface area contributed by atoms with Gasteiger partial charge in [0.2, 0.25) is 0 Å². The highest BCUT2D eigenvalue weighted by Crippen LogP contribution is 2.34. The number of phenols is 1. The average molecular weight is 315 g/mol. The highest BCUT2D eigenvalue weighted by atomic mass is 79.9. The first-order chi connectivity index (χ1) is 8.20. The number of benzene rings is 1. The zero-order chi connectivity index (χ0) is 13.9. The number of aromatic hydroxyl groups is 1. The maximum atomic E-state index is 9.98. The summed E-state index contributed by atoms with van der Waals surface area (Å²) >= 11 is 3.50. The molecule has 0 saturated heterocycles. The fourth-order valence-electron chi connectivity index (χ4n) is 2.07. The van der Waals surface area contributed by atoms with Gasteiger partial charge >= 0.3 is 0 Å². The maximum Gasteiger partial charge on any atom is 0.119 e. The standard InChI is InChI=1S/C15H23BrO2/c1-10(6-5-7-15(3,4)18)12-9-13(16)11(2)8-14(12)17/h8-10,17-18H,5-7H2,1-4H3. The van der Waals surface area contributed by atoms with Crippen LogP contribution in [-0.4, -0.2) is 15.8 Å². The van der Waals surface area contributed by atoms with Gasteiger partial charge in [0.25, 0.3) is 0 Å². The van der Waals surface area contributed by atoms with E-state index >= 15 is 0 Å². The summed E-state index contributed by atoms with van der Waals surface area (Å²) in [6.45, 7) is 7.74. The van der Waals surface area contributed by atoms with Crippen LogP contribution in [0.1, 0.15) is 57.1 Å². The Labute approximate surface area is 118 Å². The lowest BCUT2D eigenvalue weighted by molar-refractivity contribution is 0.0678. The minimum absolute atomic E-state index is 0.296.